The summed E-state index contributed by atoms with van der Waals surface area (Å²) in [5.74, 6) is 1.08. The van der Waals surface area contributed by atoms with Gasteiger partial charge in [-0.3, -0.25) is 0 Å². The van der Waals surface area contributed by atoms with Crippen molar-refractivity contribution < 1.29 is 9.52 Å². The van der Waals surface area contributed by atoms with Crippen LogP contribution in [0.15, 0.2) is 93.0 Å². The van der Waals surface area contributed by atoms with E-state index in [2.05, 4.69) is 32.3 Å². The van der Waals surface area contributed by atoms with Crippen molar-refractivity contribution in [2.45, 2.75) is 6.54 Å². The van der Waals surface area contributed by atoms with E-state index in [0.717, 1.165) is 27.4 Å². The fourth-order valence-corrected chi connectivity index (χ4v) is 3.53. The number of hydrogen-bond donors (Lipinski definition) is 1. The van der Waals surface area contributed by atoms with Crippen LogP contribution in [0.1, 0.15) is 11.3 Å². The van der Waals surface area contributed by atoms with E-state index in [1.807, 2.05) is 30.3 Å². The van der Waals surface area contributed by atoms with E-state index >= 15 is 0 Å². The van der Waals surface area contributed by atoms with Crippen LogP contribution in [-0.4, -0.2) is 15.9 Å². The van der Waals surface area contributed by atoms with E-state index in [4.69, 9.17) is 4.42 Å². The maximum absolute atomic E-state index is 9.35. The molecular weight excluding hydrogens is 358 g/mol. The second-order valence-corrected chi connectivity index (χ2v) is 6.71. The molecule has 0 bridgehead atoms. The number of nitrogens with zero attached hydrogens (tertiary/aromatic N) is 3. The number of aromatic hydroxyl groups is 1. The molecule has 5 nitrogen and oxygen atoms in total. The number of furan rings is 1. The fraction of sp³-hybridized carbons (Fsp3) is 0.0476. The van der Waals surface area contributed by atoms with E-state index in [-0.39, 0.29) is 5.75 Å². The zero-order valence-corrected chi connectivity index (χ0v) is 15.2. The lowest BCUT2D eigenvalue weighted by molar-refractivity contribution is 0.475. The molecule has 2 heterocycles. The Balaban J connectivity index is 1.71. The monoisotopic (exact) mass is 375 g/mol. The van der Waals surface area contributed by atoms with Crippen molar-refractivity contribution in [1.29, 1.82) is 0 Å². The molecule has 134 valence electrons. The summed E-state index contributed by atoms with van der Waals surface area (Å²) in [7, 11) is 0. The lowest BCUT2D eigenvalue weighted by atomic mass is 10.2. The quantitative estimate of drug-likeness (QED) is 0.412. The Morgan fingerprint density at radius 1 is 1.00 bits per heavy atom. The summed E-state index contributed by atoms with van der Waals surface area (Å²) in [6.07, 6.45) is 3.34. The Hall–Kier alpha value is -3.38. The van der Waals surface area contributed by atoms with Crippen LogP contribution in [0.2, 0.25) is 0 Å². The predicted molar refractivity (Wildman–Crippen MR) is 107 cm³/mol. The third kappa shape index (κ3) is 4.07. The van der Waals surface area contributed by atoms with Crippen LogP contribution in [0, 0.1) is 0 Å². The van der Waals surface area contributed by atoms with Gasteiger partial charge in [0.1, 0.15) is 11.5 Å². The SMILES string of the molecule is Oc1ccc(/C=N/N=c2\scc(-c3ccccc3)n2Cc2ccco2)cc1. The average Bonchev–Trinajstić information content (AvgIpc) is 3.35. The minimum Gasteiger partial charge on any atom is -0.508 e. The first kappa shape index (κ1) is 17.1. The van der Waals surface area contributed by atoms with Crippen LogP contribution < -0.4 is 4.80 Å². The van der Waals surface area contributed by atoms with Gasteiger partial charge < -0.3 is 14.1 Å². The highest BCUT2D eigenvalue weighted by Gasteiger charge is 2.09. The van der Waals surface area contributed by atoms with Crippen LogP contribution in [0.5, 0.6) is 5.75 Å². The van der Waals surface area contributed by atoms with E-state index in [0.29, 0.717) is 6.54 Å². The molecule has 0 fully saturated rings. The third-order valence-electron chi connectivity index (χ3n) is 4.00. The van der Waals surface area contributed by atoms with E-state index in [1.165, 1.54) is 11.3 Å². The molecule has 0 radical (unpaired) electrons. The number of aromatic nitrogens is 1. The third-order valence-corrected chi connectivity index (χ3v) is 4.86. The number of phenols is 1. The van der Waals surface area contributed by atoms with Crippen molar-refractivity contribution in [2.75, 3.05) is 0 Å². The molecule has 0 saturated carbocycles. The van der Waals surface area contributed by atoms with Gasteiger partial charge in [-0.1, -0.05) is 30.3 Å². The Morgan fingerprint density at radius 3 is 2.56 bits per heavy atom. The average molecular weight is 375 g/mol. The highest BCUT2D eigenvalue weighted by molar-refractivity contribution is 7.07. The predicted octanol–water partition coefficient (Wildman–Crippen LogP) is 4.50. The Labute approximate surface area is 160 Å². The van der Waals surface area contributed by atoms with Crippen LogP contribution in [-0.2, 0) is 6.54 Å². The molecule has 1 N–H and O–H groups in total. The van der Waals surface area contributed by atoms with Crippen LogP contribution in [0.4, 0.5) is 0 Å². The number of phenolic OH excluding ortho intramolecular Hbond substituents is 1. The molecule has 4 aromatic rings. The fourth-order valence-electron chi connectivity index (χ4n) is 2.67. The van der Waals surface area contributed by atoms with Gasteiger partial charge in [0.2, 0.25) is 4.80 Å². The molecule has 0 aliphatic rings. The van der Waals surface area contributed by atoms with Gasteiger partial charge in [0, 0.05) is 5.38 Å². The van der Waals surface area contributed by atoms with Crippen LogP contribution >= 0.6 is 11.3 Å². The van der Waals surface area contributed by atoms with Crippen molar-refractivity contribution in [3.8, 4) is 17.0 Å². The molecule has 0 amide bonds. The second kappa shape index (κ2) is 7.88. The van der Waals surface area contributed by atoms with Gasteiger partial charge in [0.15, 0.2) is 0 Å². The van der Waals surface area contributed by atoms with Gasteiger partial charge in [0.05, 0.1) is 24.7 Å². The van der Waals surface area contributed by atoms with E-state index < -0.39 is 0 Å². The lowest BCUT2D eigenvalue weighted by Gasteiger charge is -2.07. The van der Waals surface area contributed by atoms with Crippen molar-refractivity contribution in [3.63, 3.8) is 0 Å². The molecule has 0 aliphatic heterocycles. The lowest BCUT2D eigenvalue weighted by Crippen LogP contribution is -2.16. The summed E-state index contributed by atoms with van der Waals surface area (Å²) in [4.78, 5) is 0.778. The van der Waals surface area contributed by atoms with Crippen molar-refractivity contribution in [3.05, 3.63) is 94.5 Å². The Bertz CT molecular complexity index is 1090. The molecule has 4 rings (SSSR count). The molecule has 27 heavy (non-hydrogen) atoms. The number of rotatable bonds is 5. The number of benzene rings is 2. The second-order valence-electron chi connectivity index (χ2n) is 5.87. The molecular formula is C21H17N3O2S. The van der Waals surface area contributed by atoms with Crippen molar-refractivity contribution in [1.82, 2.24) is 4.57 Å². The summed E-state index contributed by atoms with van der Waals surface area (Å²) in [6.45, 7) is 0.578. The largest absolute Gasteiger partial charge is 0.508 e. The zero-order chi connectivity index (χ0) is 18.5. The molecule has 0 unspecified atom stereocenters. The molecule has 0 spiro atoms. The minimum absolute atomic E-state index is 0.228. The smallest absolute Gasteiger partial charge is 0.211 e. The summed E-state index contributed by atoms with van der Waals surface area (Å²) in [5.41, 5.74) is 3.05. The summed E-state index contributed by atoms with van der Waals surface area (Å²) in [5, 5.41) is 20.0. The summed E-state index contributed by atoms with van der Waals surface area (Å²) >= 11 is 1.53. The van der Waals surface area contributed by atoms with Gasteiger partial charge in [-0.05, 0) is 47.5 Å². The van der Waals surface area contributed by atoms with Crippen LogP contribution in [0.3, 0.4) is 0 Å². The van der Waals surface area contributed by atoms with E-state index in [1.54, 1.807) is 36.7 Å². The minimum atomic E-state index is 0.228. The molecule has 0 saturated heterocycles. The summed E-state index contributed by atoms with van der Waals surface area (Å²) in [6, 6.07) is 20.8. The van der Waals surface area contributed by atoms with Gasteiger partial charge >= 0.3 is 0 Å². The van der Waals surface area contributed by atoms with Gasteiger partial charge in [-0.15, -0.1) is 16.4 Å². The first-order valence-corrected chi connectivity index (χ1v) is 9.30. The highest BCUT2D eigenvalue weighted by Crippen LogP contribution is 2.21. The Kier molecular flexibility index (Phi) is 4.98. The molecule has 2 aromatic carbocycles. The topological polar surface area (TPSA) is 63.0 Å². The number of hydrogen-bond acceptors (Lipinski definition) is 5. The molecule has 2 aromatic heterocycles. The van der Waals surface area contributed by atoms with Crippen LogP contribution in [0.25, 0.3) is 11.3 Å². The normalized spacial score (nSPS) is 12.1. The standard InChI is InChI=1S/C21H17N3O2S/c25-18-10-8-16(9-11-18)13-22-23-21-24(14-19-7-4-12-26-19)20(15-27-21)17-5-2-1-3-6-17/h1-13,15,25H,14H2/b22-13+,23-21-. The van der Waals surface area contributed by atoms with Crippen molar-refractivity contribution >= 4 is 17.6 Å². The molecule has 0 atom stereocenters. The van der Waals surface area contributed by atoms with E-state index in [9.17, 15) is 5.11 Å². The molecule has 6 heteroatoms. The Morgan fingerprint density at radius 2 is 1.81 bits per heavy atom. The highest BCUT2D eigenvalue weighted by atomic mass is 32.1. The van der Waals surface area contributed by atoms with Gasteiger partial charge in [0.25, 0.3) is 0 Å². The van der Waals surface area contributed by atoms with Gasteiger partial charge in [-0.2, -0.15) is 5.10 Å². The first-order valence-electron chi connectivity index (χ1n) is 8.42. The maximum atomic E-state index is 9.35. The maximum Gasteiger partial charge on any atom is 0.211 e. The zero-order valence-electron chi connectivity index (χ0n) is 14.4. The first-order chi connectivity index (χ1) is 13.3. The molecule has 0 aliphatic carbocycles. The summed E-state index contributed by atoms with van der Waals surface area (Å²) < 4.78 is 7.61. The van der Waals surface area contributed by atoms with Crippen molar-refractivity contribution in [2.24, 2.45) is 10.2 Å². The van der Waals surface area contributed by atoms with Gasteiger partial charge in [-0.25, -0.2) is 0 Å². The number of thiazole rings is 1.